The smallest absolute Gasteiger partial charge is 0.0585 e. The zero-order chi connectivity index (χ0) is 11.6. The van der Waals surface area contributed by atoms with Gasteiger partial charge in [0.25, 0.3) is 0 Å². The van der Waals surface area contributed by atoms with Crippen LogP contribution in [0.4, 0.5) is 0 Å². The monoisotopic (exact) mass is 219 g/mol. The van der Waals surface area contributed by atoms with Crippen molar-refractivity contribution in [2.24, 2.45) is 5.73 Å². The predicted octanol–water partition coefficient (Wildman–Crippen LogP) is 2.31. The Morgan fingerprint density at radius 2 is 2.06 bits per heavy atom. The maximum atomic E-state index is 5.61. The summed E-state index contributed by atoms with van der Waals surface area (Å²) in [6.45, 7) is 6.83. The van der Waals surface area contributed by atoms with Crippen LogP contribution in [0.2, 0.25) is 0 Å². The molecule has 1 heterocycles. The highest BCUT2D eigenvalue weighted by atomic mass is 16.5. The van der Waals surface area contributed by atoms with E-state index in [1.54, 1.807) is 0 Å². The number of nitrogens with two attached hydrogens (primary N) is 1. The second kappa shape index (κ2) is 4.56. The molecular weight excluding hydrogens is 198 g/mol. The molecule has 2 N–H and O–H groups in total. The molecule has 2 heteroatoms. The van der Waals surface area contributed by atoms with Gasteiger partial charge in [0.15, 0.2) is 0 Å². The molecule has 1 fully saturated rings. The fraction of sp³-hybridized carbons (Fsp3) is 0.571. The van der Waals surface area contributed by atoms with Crippen molar-refractivity contribution in [3.8, 4) is 0 Å². The van der Waals surface area contributed by atoms with Gasteiger partial charge in [0.1, 0.15) is 0 Å². The maximum Gasteiger partial charge on any atom is 0.0585 e. The van der Waals surface area contributed by atoms with Crippen LogP contribution in [0, 0.1) is 13.8 Å². The summed E-state index contributed by atoms with van der Waals surface area (Å²) in [5.41, 5.74) is 10.0. The first-order chi connectivity index (χ1) is 7.68. The molecular formula is C14H21NO. The Kier molecular flexibility index (Phi) is 3.31. The van der Waals surface area contributed by atoms with Crippen molar-refractivity contribution in [1.82, 2.24) is 0 Å². The second-order valence-electron chi connectivity index (χ2n) is 4.98. The van der Waals surface area contributed by atoms with Crippen molar-refractivity contribution in [1.29, 1.82) is 0 Å². The molecule has 0 aliphatic carbocycles. The molecule has 1 aliphatic heterocycles. The molecule has 0 radical (unpaired) electrons. The van der Waals surface area contributed by atoms with Gasteiger partial charge in [-0.1, -0.05) is 23.8 Å². The van der Waals surface area contributed by atoms with E-state index >= 15 is 0 Å². The lowest BCUT2D eigenvalue weighted by atomic mass is 9.73. The van der Waals surface area contributed by atoms with Crippen LogP contribution in [0.1, 0.15) is 29.5 Å². The van der Waals surface area contributed by atoms with E-state index in [-0.39, 0.29) is 5.41 Å². The lowest BCUT2D eigenvalue weighted by Crippen LogP contribution is -2.47. The minimum absolute atomic E-state index is 0.247. The van der Waals surface area contributed by atoms with E-state index in [0.717, 1.165) is 32.6 Å². The normalized spacial score (nSPS) is 18.2. The molecule has 16 heavy (non-hydrogen) atoms. The summed E-state index contributed by atoms with van der Waals surface area (Å²) < 4.78 is 5.43. The first-order valence-electron chi connectivity index (χ1n) is 6.03. The lowest BCUT2D eigenvalue weighted by molar-refractivity contribution is -0.0652. The number of benzene rings is 1. The summed E-state index contributed by atoms with van der Waals surface area (Å²) in [6, 6.07) is 6.73. The molecule has 1 aliphatic rings. The van der Waals surface area contributed by atoms with Gasteiger partial charge in [-0.25, -0.2) is 0 Å². The molecule has 1 aromatic carbocycles. The molecule has 0 spiro atoms. The zero-order valence-corrected chi connectivity index (χ0v) is 10.3. The van der Waals surface area contributed by atoms with Crippen molar-refractivity contribution in [3.05, 3.63) is 34.9 Å². The number of rotatable bonds is 4. The molecule has 2 rings (SSSR count). The van der Waals surface area contributed by atoms with Crippen molar-refractivity contribution >= 4 is 0 Å². The van der Waals surface area contributed by atoms with Crippen molar-refractivity contribution in [2.45, 2.75) is 32.1 Å². The standard InChI is InChI=1S/C14H21NO/c1-11-4-5-13(12(2)8-11)14(6-3-7-15)9-16-10-14/h4-5,8H,3,6-7,9-10,15H2,1-2H3. The van der Waals surface area contributed by atoms with Gasteiger partial charge in [-0.2, -0.15) is 0 Å². The predicted molar refractivity (Wildman–Crippen MR) is 66.7 cm³/mol. The molecule has 1 aromatic rings. The van der Waals surface area contributed by atoms with Crippen LogP contribution in [0.25, 0.3) is 0 Å². The summed E-state index contributed by atoms with van der Waals surface area (Å²) in [7, 11) is 0. The quantitative estimate of drug-likeness (QED) is 0.843. The van der Waals surface area contributed by atoms with E-state index in [9.17, 15) is 0 Å². The van der Waals surface area contributed by atoms with Crippen molar-refractivity contribution in [3.63, 3.8) is 0 Å². The largest absolute Gasteiger partial charge is 0.379 e. The third-order valence-corrected chi connectivity index (χ3v) is 3.57. The molecule has 0 unspecified atom stereocenters. The van der Waals surface area contributed by atoms with E-state index in [0.29, 0.717) is 0 Å². The first-order valence-corrected chi connectivity index (χ1v) is 6.03. The number of aryl methyl sites for hydroxylation is 2. The fourth-order valence-electron chi connectivity index (χ4n) is 2.63. The van der Waals surface area contributed by atoms with Crippen LogP contribution < -0.4 is 5.73 Å². The van der Waals surface area contributed by atoms with E-state index in [4.69, 9.17) is 10.5 Å². The third-order valence-electron chi connectivity index (χ3n) is 3.57. The number of ether oxygens (including phenoxy) is 1. The molecule has 1 saturated heterocycles. The summed E-state index contributed by atoms with van der Waals surface area (Å²) in [5.74, 6) is 0. The SMILES string of the molecule is Cc1ccc(C2(CCCN)COC2)c(C)c1. The van der Waals surface area contributed by atoms with Gasteiger partial charge < -0.3 is 10.5 Å². The highest BCUT2D eigenvalue weighted by Crippen LogP contribution is 2.38. The van der Waals surface area contributed by atoms with Gasteiger partial charge in [-0.3, -0.25) is 0 Å². The summed E-state index contributed by atoms with van der Waals surface area (Å²) >= 11 is 0. The van der Waals surface area contributed by atoms with E-state index in [1.807, 2.05) is 0 Å². The highest BCUT2D eigenvalue weighted by molar-refractivity contribution is 5.38. The molecule has 0 aromatic heterocycles. The average molecular weight is 219 g/mol. The fourth-order valence-corrected chi connectivity index (χ4v) is 2.63. The second-order valence-corrected chi connectivity index (χ2v) is 4.98. The van der Waals surface area contributed by atoms with E-state index in [1.165, 1.54) is 16.7 Å². The molecule has 0 atom stereocenters. The van der Waals surface area contributed by atoms with Crippen LogP contribution in [-0.2, 0) is 10.2 Å². The van der Waals surface area contributed by atoms with E-state index < -0.39 is 0 Å². The minimum atomic E-state index is 0.247. The minimum Gasteiger partial charge on any atom is -0.379 e. The topological polar surface area (TPSA) is 35.2 Å². The molecule has 0 bridgehead atoms. The zero-order valence-electron chi connectivity index (χ0n) is 10.3. The number of hydrogen-bond donors (Lipinski definition) is 1. The van der Waals surface area contributed by atoms with Gasteiger partial charge in [0, 0.05) is 5.41 Å². The summed E-state index contributed by atoms with van der Waals surface area (Å²) in [4.78, 5) is 0. The van der Waals surface area contributed by atoms with Crippen LogP contribution in [0.5, 0.6) is 0 Å². The molecule has 2 nitrogen and oxygen atoms in total. The van der Waals surface area contributed by atoms with Crippen LogP contribution in [0.3, 0.4) is 0 Å². The van der Waals surface area contributed by atoms with Crippen molar-refractivity contribution in [2.75, 3.05) is 19.8 Å². The first kappa shape index (κ1) is 11.6. The Balaban J connectivity index is 2.26. The molecule has 0 saturated carbocycles. The van der Waals surface area contributed by atoms with Crippen molar-refractivity contribution < 1.29 is 4.74 Å². The summed E-state index contributed by atoms with van der Waals surface area (Å²) in [5, 5.41) is 0. The average Bonchev–Trinajstić information content (AvgIpc) is 2.19. The van der Waals surface area contributed by atoms with Gasteiger partial charge in [0.05, 0.1) is 13.2 Å². The Hall–Kier alpha value is -0.860. The highest BCUT2D eigenvalue weighted by Gasteiger charge is 2.40. The van der Waals surface area contributed by atoms with Crippen LogP contribution in [-0.4, -0.2) is 19.8 Å². The van der Waals surface area contributed by atoms with Gasteiger partial charge in [-0.05, 0) is 44.4 Å². The third kappa shape index (κ3) is 2.00. The molecule has 0 amide bonds. The lowest BCUT2D eigenvalue weighted by Gasteiger charge is -2.43. The van der Waals surface area contributed by atoms with Gasteiger partial charge in [-0.15, -0.1) is 0 Å². The van der Waals surface area contributed by atoms with Crippen LogP contribution in [0.15, 0.2) is 18.2 Å². The Morgan fingerprint density at radius 3 is 2.56 bits per heavy atom. The van der Waals surface area contributed by atoms with E-state index in [2.05, 4.69) is 32.0 Å². The van der Waals surface area contributed by atoms with Gasteiger partial charge in [0.2, 0.25) is 0 Å². The van der Waals surface area contributed by atoms with Gasteiger partial charge >= 0.3 is 0 Å². The Morgan fingerprint density at radius 1 is 1.31 bits per heavy atom. The molecule has 88 valence electrons. The maximum absolute atomic E-state index is 5.61. The van der Waals surface area contributed by atoms with Crippen LogP contribution >= 0.6 is 0 Å². The Bertz CT molecular complexity index is 369. The Labute approximate surface area is 97.8 Å². The number of hydrogen-bond acceptors (Lipinski definition) is 2. The summed E-state index contributed by atoms with van der Waals surface area (Å²) in [6.07, 6.45) is 2.23.